The first-order valence-electron chi connectivity index (χ1n) is 6.09. The normalized spacial score (nSPS) is 23.2. The highest BCUT2D eigenvalue weighted by molar-refractivity contribution is 5.73. The van der Waals surface area contributed by atoms with E-state index in [1.807, 2.05) is 30.0 Å². The van der Waals surface area contributed by atoms with E-state index in [2.05, 4.69) is 4.98 Å². The number of pyridine rings is 1. The van der Waals surface area contributed by atoms with Gasteiger partial charge in [0.25, 0.3) is 0 Å². The van der Waals surface area contributed by atoms with Crippen LogP contribution < -0.4 is 0 Å². The van der Waals surface area contributed by atoms with Crippen molar-refractivity contribution in [2.75, 3.05) is 6.54 Å². The minimum Gasteiger partial charge on any atom is -0.480 e. The van der Waals surface area contributed by atoms with E-state index in [1.165, 1.54) is 0 Å². The number of carbonyl (C=O) groups is 1. The average Bonchev–Trinajstić information content (AvgIpc) is 2.39. The zero-order valence-electron chi connectivity index (χ0n) is 10.0. The quantitative estimate of drug-likeness (QED) is 0.870. The van der Waals surface area contributed by atoms with Crippen LogP contribution in [0.15, 0.2) is 24.4 Å². The maximum atomic E-state index is 11.2. The van der Waals surface area contributed by atoms with Gasteiger partial charge in [-0.15, -0.1) is 0 Å². The second-order valence-corrected chi connectivity index (χ2v) is 4.52. The first-order valence-corrected chi connectivity index (χ1v) is 6.09. The predicted molar refractivity (Wildman–Crippen MR) is 64.6 cm³/mol. The van der Waals surface area contributed by atoms with Crippen LogP contribution >= 0.6 is 0 Å². The molecule has 1 aromatic heterocycles. The number of carboxylic acid groups (broad SMARTS) is 1. The maximum Gasteiger partial charge on any atom is 0.320 e. The molecule has 0 spiro atoms. The van der Waals surface area contributed by atoms with Gasteiger partial charge in [0.15, 0.2) is 0 Å². The molecule has 4 heteroatoms. The molecule has 0 aliphatic carbocycles. The second-order valence-electron chi connectivity index (χ2n) is 4.52. The van der Waals surface area contributed by atoms with Crippen LogP contribution in [0.2, 0.25) is 0 Å². The van der Waals surface area contributed by atoms with Gasteiger partial charge in [0.2, 0.25) is 0 Å². The van der Waals surface area contributed by atoms with Crippen LogP contribution in [0.5, 0.6) is 0 Å². The smallest absolute Gasteiger partial charge is 0.320 e. The summed E-state index contributed by atoms with van der Waals surface area (Å²) in [5.41, 5.74) is 0.945. The summed E-state index contributed by atoms with van der Waals surface area (Å²) < 4.78 is 0. The van der Waals surface area contributed by atoms with Crippen molar-refractivity contribution in [2.45, 2.75) is 38.3 Å². The largest absolute Gasteiger partial charge is 0.480 e. The number of aromatic nitrogens is 1. The Morgan fingerprint density at radius 1 is 1.53 bits per heavy atom. The molecule has 1 aliphatic rings. The van der Waals surface area contributed by atoms with Gasteiger partial charge in [-0.05, 0) is 38.4 Å². The van der Waals surface area contributed by atoms with E-state index in [1.54, 1.807) is 6.20 Å². The first-order chi connectivity index (χ1) is 8.20. The van der Waals surface area contributed by atoms with Crippen LogP contribution in [0, 0.1) is 0 Å². The fourth-order valence-electron chi connectivity index (χ4n) is 2.48. The summed E-state index contributed by atoms with van der Waals surface area (Å²) >= 11 is 0. The van der Waals surface area contributed by atoms with Gasteiger partial charge < -0.3 is 5.11 Å². The molecular formula is C13H18N2O2. The van der Waals surface area contributed by atoms with Gasteiger partial charge in [-0.2, -0.15) is 0 Å². The third-order valence-corrected chi connectivity index (χ3v) is 3.44. The Balaban J connectivity index is 2.16. The third kappa shape index (κ3) is 2.64. The summed E-state index contributed by atoms with van der Waals surface area (Å²) in [4.78, 5) is 17.6. The molecule has 1 N–H and O–H groups in total. The number of likely N-dealkylation sites (tertiary alicyclic amines) is 1. The molecule has 1 aromatic rings. The maximum absolute atomic E-state index is 11.2. The van der Waals surface area contributed by atoms with E-state index in [9.17, 15) is 9.90 Å². The third-order valence-electron chi connectivity index (χ3n) is 3.44. The summed E-state index contributed by atoms with van der Waals surface area (Å²) in [6, 6.07) is 5.48. The number of piperidine rings is 1. The van der Waals surface area contributed by atoms with E-state index in [-0.39, 0.29) is 12.1 Å². The van der Waals surface area contributed by atoms with Gasteiger partial charge in [-0.3, -0.25) is 14.7 Å². The lowest BCUT2D eigenvalue weighted by atomic mass is 9.99. The summed E-state index contributed by atoms with van der Waals surface area (Å²) in [6.07, 6.45) is 4.57. The number of rotatable bonds is 3. The molecule has 0 unspecified atom stereocenters. The van der Waals surface area contributed by atoms with Gasteiger partial charge in [-0.1, -0.05) is 12.5 Å². The Hall–Kier alpha value is -1.42. The standard InChI is InChI=1S/C13H18N2O2/c1-10(11-6-2-4-8-14-11)15-9-5-3-7-12(15)13(16)17/h2,4,6,8,10,12H,3,5,7,9H2,1H3,(H,16,17)/t10-,12+/m0/s1. The number of hydrogen-bond donors (Lipinski definition) is 1. The van der Waals surface area contributed by atoms with Gasteiger partial charge in [0.05, 0.1) is 11.7 Å². The van der Waals surface area contributed by atoms with Gasteiger partial charge in [0.1, 0.15) is 6.04 Å². The lowest BCUT2D eigenvalue weighted by molar-refractivity contribution is -0.145. The first kappa shape index (κ1) is 12.0. The van der Waals surface area contributed by atoms with Gasteiger partial charge in [-0.25, -0.2) is 0 Å². The van der Waals surface area contributed by atoms with Crippen molar-refractivity contribution in [1.82, 2.24) is 9.88 Å². The van der Waals surface area contributed by atoms with Crippen molar-refractivity contribution in [3.63, 3.8) is 0 Å². The van der Waals surface area contributed by atoms with Crippen LogP contribution in [0.4, 0.5) is 0 Å². The second kappa shape index (κ2) is 5.27. The fraction of sp³-hybridized carbons (Fsp3) is 0.538. The Morgan fingerprint density at radius 2 is 2.35 bits per heavy atom. The molecule has 92 valence electrons. The van der Waals surface area contributed by atoms with Crippen LogP contribution in [0.3, 0.4) is 0 Å². The Morgan fingerprint density at radius 3 is 3.00 bits per heavy atom. The minimum atomic E-state index is -0.715. The Bertz CT molecular complexity index is 380. The Labute approximate surface area is 101 Å². The molecule has 4 nitrogen and oxygen atoms in total. The number of carboxylic acids is 1. The minimum absolute atomic E-state index is 0.0672. The molecule has 0 saturated carbocycles. The molecule has 0 bridgehead atoms. The molecule has 2 heterocycles. The SMILES string of the molecule is C[C@@H](c1ccccn1)N1CCCC[C@@H]1C(=O)O. The van der Waals surface area contributed by atoms with E-state index >= 15 is 0 Å². The highest BCUT2D eigenvalue weighted by Crippen LogP contribution is 2.27. The van der Waals surface area contributed by atoms with Crippen LogP contribution in [-0.2, 0) is 4.79 Å². The summed E-state index contributed by atoms with van der Waals surface area (Å²) in [6.45, 7) is 2.87. The van der Waals surface area contributed by atoms with Crippen LogP contribution in [0.25, 0.3) is 0 Å². The van der Waals surface area contributed by atoms with Crippen molar-refractivity contribution in [1.29, 1.82) is 0 Å². The molecule has 17 heavy (non-hydrogen) atoms. The number of hydrogen-bond acceptors (Lipinski definition) is 3. The van der Waals surface area contributed by atoms with Crippen molar-refractivity contribution in [2.24, 2.45) is 0 Å². The zero-order valence-corrected chi connectivity index (χ0v) is 10.0. The van der Waals surface area contributed by atoms with Crippen molar-refractivity contribution >= 4 is 5.97 Å². The molecule has 2 atom stereocenters. The van der Waals surface area contributed by atoms with Crippen LogP contribution in [0.1, 0.15) is 37.9 Å². The predicted octanol–water partition coefficient (Wildman–Crippen LogP) is 2.08. The van der Waals surface area contributed by atoms with Crippen molar-refractivity contribution in [3.05, 3.63) is 30.1 Å². The topological polar surface area (TPSA) is 53.4 Å². The molecule has 1 saturated heterocycles. The number of aliphatic carboxylic acids is 1. The summed E-state index contributed by atoms with van der Waals surface area (Å²) in [5, 5.41) is 9.24. The monoisotopic (exact) mass is 234 g/mol. The lowest BCUT2D eigenvalue weighted by Gasteiger charge is -2.37. The Kier molecular flexibility index (Phi) is 3.74. The van der Waals surface area contributed by atoms with E-state index in [0.29, 0.717) is 0 Å². The molecule has 2 rings (SSSR count). The van der Waals surface area contributed by atoms with Gasteiger partial charge >= 0.3 is 5.97 Å². The molecule has 1 aliphatic heterocycles. The van der Waals surface area contributed by atoms with E-state index in [0.717, 1.165) is 31.5 Å². The molecule has 0 aromatic carbocycles. The van der Waals surface area contributed by atoms with Crippen LogP contribution in [-0.4, -0.2) is 33.5 Å². The fourth-order valence-corrected chi connectivity index (χ4v) is 2.48. The van der Waals surface area contributed by atoms with Crippen molar-refractivity contribution in [3.8, 4) is 0 Å². The zero-order chi connectivity index (χ0) is 12.3. The molecule has 0 amide bonds. The highest BCUT2D eigenvalue weighted by atomic mass is 16.4. The van der Waals surface area contributed by atoms with Gasteiger partial charge in [0, 0.05) is 6.20 Å². The van der Waals surface area contributed by atoms with Crippen molar-refractivity contribution < 1.29 is 9.90 Å². The number of nitrogens with zero attached hydrogens (tertiary/aromatic N) is 2. The highest BCUT2D eigenvalue weighted by Gasteiger charge is 2.32. The van der Waals surface area contributed by atoms with E-state index in [4.69, 9.17) is 0 Å². The summed E-state index contributed by atoms with van der Waals surface area (Å²) in [7, 11) is 0. The molecule has 1 fully saturated rings. The summed E-state index contributed by atoms with van der Waals surface area (Å²) in [5.74, 6) is -0.715. The molecule has 0 radical (unpaired) electrons. The average molecular weight is 234 g/mol. The molecular weight excluding hydrogens is 216 g/mol. The lowest BCUT2D eigenvalue weighted by Crippen LogP contribution is -2.45. The van der Waals surface area contributed by atoms with E-state index < -0.39 is 5.97 Å².